The van der Waals surface area contributed by atoms with E-state index < -0.39 is 15.9 Å². The molecular formula is C17H19ClN2O4S. The number of halogens is 1. The van der Waals surface area contributed by atoms with Crippen LogP contribution in [0.3, 0.4) is 0 Å². The molecule has 0 aliphatic heterocycles. The molecule has 1 aromatic carbocycles. The molecular weight excluding hydrogens is 364 g/mol. The zero-order valence-electron chi connectivity index (χ0n) is 14.1. The predicted molar refractivity (Wildman–Crippen MR) is 95.5 cm³/mol. The fourth-order valence-corrected chi connectivity index (χ4v) is 3.39. The molecule has 1 atom stereocenters. The molecule has 0 radical (unpaired) electrons. The molecule has 1 aromatic heterocycles. The lowest BCUT2D eigenvalue weighted by molar-refractivity contribution is 0.0981. The van der Waals surface area contributed by atoms with Gasteiger partial charge in [0.1, 0.15) is 15.8 Å². The summed E-state index contributed by atoms with van der Waals surface area (Å²) >= 11 is 5.72. The van der Waals surface area contributed by atoms with Gasteiger partial charge in [0, 0.05) is 11.8 Å². The molecule has 0 saturated carbocycles. The van der Waals surface area contributed by atoms with Gasteiger partial charge in [-0.2, -0.15) is 0 Å². The minimum atomic E-state index is -4.04. The van der Waals surface area contributed by atoms with Crippen molar-refractivity contribution < 1.29 is 17.9 Å². The van der Waals surface area contributed by atoms with E-state index in [4.69, 9.17) is 16.3 Å². The molecule has 1 unspecified atom stereocenters. The molecule has 25 heavy (non-hydrogen) atoms. The molecule has 1 N–H and O–H groups in total. The highest BCUT2D eigenvalue weighted by Crippen LogP contribution is 2.18. The lowest BCUT2D eigenvalue weighted by Crippen LogP contribution is -2.31. The zero-order chi connectivity index (χ0) is 18.6. The molecule has 2 rings (SSSR count). The number of nitrogens with zero attached hydrogens (tertiary/aromatic N) is 1. The van der Waals surface area contributed by atoms with Crippen molar-refractivity contribution in [3.63, 3.8) is 0 Å². The van der Waals surface area contributed by atoms with Gasteiger partial charge in [-0.1, -0.05) is 18.5 Å². The van der Waals surface area contributed by atoms with Gasteiger partial charge in [-0.15, -0.1) is 0 Å². The zero-order valence-corrected chi connectivity index (χ0v) is 15.7. The van der Waals surface area contributed by atoms with Crippen LogP contribution in [0.25, 0.3) is 0 Å². The number of amides is 1. The lowest BCUT2D eigenvalue weighted by atomic mass is 10.2. The number of hydrogen-bond donors (Lipinski definition) is 1. The van der Waals surface area contributed by atoms with Crippen LogP contribution in [-0.4, -0.2) is 25.4 Å². The third-order valence-electron chi connectivity index (χ3n) is 3.57. The van der Waals surface area contributed by atoms with Crippen LogP contribution in [-0.2, 0) is 10.0 Å². The van der Waals surface area contributed by atoms with E-state index in [-0.39, 0.29) is 21.7 Å². The number of sulfonamides is 1. The summed E-state index contributed by atoms with van der Waals surface area (Å²) in [6.07, 6.45) is 2.03. The first kappa shape index (κ1) is 19.2. The van der Waals surface area contributed by atoms with Gasteiger partial charge in [0.2, 0.25) is 0 Å². The number of carbonyl (C=O) groups excluding carboxylic acids is 1. The second kappa shape index (κ2) is 7.84. The van der Waals surface area contributed by atoms with Crippen LogP contribution in [0.5, 0.6) is 5.75 Å². The minimum Gasteiger partial charge on any atom is -0.491 e. The average Bonchev–Trinajstić information content (AvgIpc) is 2.54. The van der Waals surface area contributed by atoms with Gasteiger partial charge < -0.3 is 4.74 Å². The summed E-state index contributed by atoms with van der Waals surface area (Å²) in [6.45, 7) is 5.52. The summed E-state index contributed by atoms with van der Waals surface area (Å²) < 4.78 is 32.4. The largest absolute Gasteiger partial charge is 0.491 e. The summed E-state index contributed by atoms with van der Waals surface area (Å²) in [6, 6.07) is 7.69. The van der Waals surface area contributed by atoms with E-state index in [1.807, 2.05) is 18.6 Å². The molecule has 134 valence electrons. The van der Waals surface area contributed by atoms with Crippen molar-refractivity contribution in [2.75, 3.05) is 0 Å². The Morgan fingerprint density at radius 1 is 1.32 bits per heavy atom. The molecule has 0 fully saturated rings. The van der Waals surface area contributed by atoms with Crippen LogP contribution in [0.1, 0.15) is 36.2 Å². The number of ether oxygens (including phenoxy) is 1. The number of benzene rings is 1. The first-order valence-electron chi connectivity index (χ1n) is 7.69. The molecule has 0 aliphatic carbocycles. The van der Waals surface area contributed by atoms with E-state index in [0.29, 0.717) is 11.3 Å². The topological polar surface area (TPSA) is 85.4 Å². The van der Waals surface area contributed by atoms with Gasteiger partial charge >= 0.3 is 0 Å². The number of pyridine rings is 1. The SMILES string of the molecule is CCC(C)Oc1ccc(C(=O)NS(=O)(=O)c2cnc(Cl)cc2C)cc1. The van der Waals surface area contributed by atoms with Crippen LogP contribution in [0.4, 0.5) is 0 Å². The minimum absolute atomic E-state index is 0.0560. The van der Waals surface area contributed by atoms with Gasteiger partial charge in [-0.05, 0) is 56.2 Å². The van der Waals surface area contributed by atoms with Gasteiger partial charge in [0.15, 0.2) is 0 Å². The Bertz CT molecular complexity index is 867. The monoisotopic (exact) mass is 382 g/mol. The van der Waals surface area contributed by atoms with Crippen molar-refractivity contribution in [3.05, 3.63) is 52.8 Å². The maximum absolute atomic E-state index is 12.4. The highest BCUT2D eigenvalue weighted by molar-refractivity contribution is 7.90. The standard InChI is InChI=1S/C17H19ClN2O4S/c1-4-12(3)24-14-7-5-13(6-8-14)17(21)20-25(22,23)15-10-19-16(18)9-11(15)2/h5-10,12H,4H2,1-3H3,(H,20,21). The summed E-state index contributed by atoms with van der Waals surface area (Å²) in [5.41, 5.74) is 0.609. The van der Waals surface area contributed by atoms with Crippen molar-refractivity contribution in [3.8, 4) is 5.75 Å². The summed E-state index contributed by atoms with van der Waals surface area (Å²) in [7, 11) is -4.04. The quantitative estimate of drug-likeness (QED) is 0.774. The van der Waals surface area contributed by atoms with Crippen LogP contribution in [0.15, 0.2) is 41.4 Å². The summed E-state index contributed by atoms with van der Waals surface area (Å²) in [5.74, 6) is -0.115. The molecule has 0 aliphatic rings. The Hall–Kier alpha value is -2.12. The van der Waals surface area contributed by atoms with Crippen LogP contribution in [0, 0.1) is 6.92 Å². The first-order chi connectivity index (χ1) is 11.7. The van der Waals surface area contributed by atoms with Crippen LogP contribution in [0.2, 0.25) is 5.15 Å². The average molecular weight is 383 g/mol. The Labute approximate surface area is 152 Å². The molecule has 0 bridgehead atoms. The number of carbonyl (C=O) groups is 1. The maximum Gasteiger partial charge on any atom is 0.266 e. The molecule has 0 spiro atoms. The van der Waals surface area contributed by atoms with Gasteiger partial charge in [0.25, 0.3) is 15.9 Å². The third kappa shape index (κ3) is 4.93. The number of aromatic nitrogens is 1. The second-order valence-electron chi connectivity index (χ2n) is 5.57. The van der Waals surface area contributed by atoms with Gasteiger partial charge in [-0.3, -0.25) is 4.79 Å². The number of nitrogens with one attached hydrogen (secondary N) is 1. The molecule has 1 amide bonds. The van der Waals surface area contributed by atoms with Crippen molar-refractivity contribution in [2.45, 2.75) is 38.2 Å². The highest BCUT2D eigenvalue weighted by Gasteiger charge is 2.21. The van der Waals surface area contributed by atoms with Gasteiger partial charge in [0.05, 0.1) is 6.10 Å². The van der Waals surface area contributed by atoms with Crippen molar-refractivity contribution in [1.82, 2.24) is 9.71 Å². The third-order valence-corrected chi connectivity index (χ3v) is 5.24. The second-order valence-corrected chi connectivity index (χ2v) is 7.61. The molecule has 2 aromatic rings. The van der Waals surface area contributed by atoms with E-state index in [0.717, 1.165) is 12.6 Å². The predicted octanol–water partition coefficient (Wildman–Crippen LogP) is 3.34. The van der Waals surface area contributed by atoms with Crippen molar-refractivity contribution >= 4 is 27.5 Å². The van der Waals surface area contributed by atoms with E-state index in [2.05, 4.69) is 4.98 Å². The molecule has 0 saturated heterocycles. The van der Waals surface area contributed by atoms with E-state index >= 15 is 0 Å². The van der Waals surface area contributed by atoms with E-state index in [1.54, 1.807) is 19.1 Å². The molecule has 6 nitrogen and oxygen atoms in total. The van der Waals surface area contributed by atoms with Crippen LogP contribution >= 0.6 is 11.6 Å². The smallest absolute Gasteiger partial charge is 0.266 e. The van der Waals surface area contributed by atoms with Crippen LogP contribution < -0.4 is 9.46 Å². The molecule has 1 heterocycles. The van der Waals surface area contributed by atoms with Gasteiger partial charge in [-0.25, -0.2) is 18.1 Å². The Balaban J connectivity index is 2.15. The fraction of sp³-hybridized carbons (Fsp3) is 0.294. The van der Waals surface area contributed by atoms with Crippen molar-refractivity contribution in [2.24, 2.45) is 0 Å². The maximum atomic E-state index is 12.4. The molecule has 8 heteroatoms. The Morgan fingerprint density at radius 2 is 1.96 bits per heavy atom. The lowest BCUT2D eigenvalue weighted by Gasteiger charge is -2.13. The normalized spacial score (nSPS) is 12.5. The fourth-order valence-electron chi connectivity index (χ4n) is 2.03. The summed E-state index contributed by atoms with van der Waals surface area (Å²) in [4.78, 5) is 15.9. The van der Waals surface area contributed by atoms with Crippen molar-refractivity contribution in [1.29, 1.82) is 0 Å². The highest BCUT2D eigenvalue weighted by atomic mass is 35.5. The van der Waals surface area contributed by atoms with E-state index in [9.17, 15) is 13.2 Å². The number of aryl methyl sites for hydroxylation is 1. The summed E-state index contributed by atoms with van der Waals surface area (Å²) in [5, 5.41) is 0.180. The number of rotatable bonds is 6. The Morgan fingerprint density at radius 3 is 2.52 bits per heavy atom. The Kier molecular flexibility index (Phi) is 6.02. The first-order valence-corrected chi connectivity index (χ1v) is 9.55. The van der Waals surface area contributed by atoms with E-state index in [1.165, 1.54) is 18.2 Å². The number of hydrogen-bond acceptors (Lipinski definition) is 5.